The summed E-state index contributed by atoms with van der Waals surface area (Å²) in [5.41, 5.74) is 5.28. The molecule has 1 N–H and O–H groups in total. The fourth-order valence-electron chi connectivity index (χ4n) is 3.57. The Bertz CT molecular complexity index is 700. The maximum absolute atomic E-state index is 5.19. The summed E-state index contributed by atoms with van der Waals surface area (Å²) in [7, 11) is 1.78. The minimum atomic E-state index is 0.375. The normalized spacial score (nSPS) is 19.1. The molecule has 2 heterocycles. The third kappa shape index (κ3) is 3.50. The number of hydrogen-bond acceptors (Lipinski definition) is 3. The van der Waals surface area contributed by atoms with E-state index in [0.29, 0.717) is 12.1 Å². The van der Waals surface area contributed by atoms with Crippen molar-refractivity contribution in [2.75, 3.05) is 13.7 Å². The van der Waals surface area contributed by atoms with Crippen LogP contribution in [0.4, 0.5) is 0 Å². The molecule has 2 aromatic heterocycles. The van der Waals surface area contributed by atoms with E-state index in [2.05, 4.69) is 35.3 Å². The fraction of sp³-hybridized carbons (Fsp3) is 0.650. The standard InChI is InChI=1S/C20H29N3O/c1-14(22-17-7-8-17)18-13-23(9-3-4-10-24-2)19-11-16(15-5-6-15)12-21-20(18)19/h11-15,17,22H,3-10H2,1-2H3. The van der Waals surface area contributed by atoms with Crippen LogP contribution in [0.2, 0.25) is 0 Å². The Kier molecular flexibility index (Phi) is 4.59. The van der Waals surface area contributed by atoms with E-state index in [4.69, 9.17) is 9.72 Å². The summed E-state index contributed by atoms with van der Waals surface area (Å²) in [6.07, 6.45) is 12.0. The first-order valence-electron chi connectivity index (χ1n) is 9.50. The fourth-order valence-corrected chi connectivity index (χ4v) is 3.57. The van der Waals surface area contributed by atoms with Crippen LogP contribution >= 0.6 is 0 Å². The zero-order valence-corrected chi connectivity index (χ0v) is 14.9. The van der Waals surface area contributed by atoms with Gasteiger partial charge in [-0.3, -0.25) is 4.98 Å². The molecule has 4 nitrogen and oxygen atoms in total. The monoisotopic (exact) mass is 327 g/mol. The van der Waals surface area contributed by atoms with Gasteiger partial charge in [0, 0.05) is 50.3 Å². The van der Waals surface area contributed by atoms with Crippen LogP contribution in [-0.2, 0) is 11.3 Å². The van der Waals surface area contributed by atoms with Crippen molar-refractivity contribution in [2.45, 2.75) is 70.0 Å². The number of pyridine rings is 1. The van der Waals surface area contributed by atoms with Crippen molar-refractivity contribution >= 4 is 11.0 Å². The van der Waals surface area contributed by atoms with Crippen molar-refractivity contribution in [3.8, 4) is 0 Å². The van der Waals surface area contributed by atoms with Gasteiger partial charge in [0.2, 0.25) is 0 Å². The number of methoxy groups -OCH3 is 1. The first-order valence-corrected chi connectivity index (χ1v) is 9.50. The molecule has 0 amide bonds. The van der Waals surface area contributed by atoms with Gasteiger partial charge in [-0.05, 0) is 63.0 Å². The van der Waals surface area contributed by atoms with E-state index in [-0.39, 0.29) is 0 Å². The smallest absolute Gasteiger partial charge is 0.0928 e. The lowest BCUT2D eigenvalue weighted by Crippen LogP contribution is -2.20. The third-order valence-corrected chi connectivity index (χ3v) is 5.34. The molecule has 0 aromatic carbocycles. The Morgan fingerprint density at radius 1 is 1.29 bits per heavy atom. The van der Waals surface area contributed by atoms with Crippen LogP contribution in [0.1, 0.15) is 68.5 Å². The number of ether oxygens (including phenoxy) is 1. The highest BCUT2D eigenvalue weighted by molar-refractivity contribution is 5.81. The molecule has 1 unspecified atom stereocenters. The van der Waals surface area contributed by atoms with Gasteiger partial charge in [0.25, 0.3) is 0 Å². The van der Waals surface area contributed by atoms with Gasteiger partial charge in [-0.15, -0.1) is 0 Å². The molecule has 24 heavy (non-hydrogen) atoms. The quantitative estimate of drug-likeness (QED) is 0.703. The average Bonchev–Trinajstić information content (AvgIpc) is 3.50. The predicted molar refractivity (Wildman–Crippen MR) is 97.4 cm³/mol. The molecule has 2 aliphatic carbocycles. The second kappa shape index (κ2) is 6.85. The van der Waals surface area contributed by atoms with Gasteiger partial charge < -0.3 is 14.6 Å². The number of aryl methyl sites for hydroxylation is 1. The molecule has 2 saturated carbocycles. The van der Waals surface area contributed by atoms with Crippen LogP contribution in [0.15, 0.2) is 18.5 Å². The largest absolute Gasteiger partial charge is 0.385 e. The highest BCUT2D eigenvalue weighted by atomic mass is 16.5. The van der Waals surface area contributed by atoms with Gasteiger partial charge in [-0.2, -0.15) is 0 Å². The number of nitrogens with zero attached hydrogens (tertiary/aromatic N) is 2. The highest BCUT2D eigenvalue weighted by Crippen LogP contribution is 2.41. The molecule has 4 heteroatoms. The van der Waals surface area contributed by atoms with Crippen LogP contribution in [0.3, 0.4) is 0 Å². The number of fused-ring (bicyclic) bond motifs is 1. The number of nitrogens with one attached hydrogen (secondary N) is 1. The summed E-state index contributed by atoms with van der Waals surface area (Å²) < 4.78 is 7.61. The molecule has 130 valence electrons. The van der Waals surface area contributed by atoms with E-state index in [1.54, 1.807) is 7.11 Å². The van der Waals surface area contributed by atoms with E-state index in [0.717, 1.165) is 31.9 Å². The molecule has 0 radical (unpaired) electrons. The van der Waals surface area contributed by atoms with E-state index in [1.807, 2.05) is 0 Å². The van der Waals surface area contributed by atoms with Crippen LogP contribution in [0, 0.1) is 0 Å². The van der Waals surface area contributed by atoms with Crippen molar-refractivity contribution < 1.29 is 4.74 Å². The molecular weight excluding hydrogens is 298 g/mol. The second-order valence-corrected chi connectivity index (χ2v) is 7.55. The van der Waals surface area contributed by atoms with Crippen LogP contribution in [0.25, 0.3) is 11.0 Å². The second-order valence-electron chi connectivity index (χ2n) is 7.55. The van der Waals surface area contributed by atoms with Gasteiger partial charge in [0.05, 0.1) is 11.0 Å². The molecule has 0 aliphatic heterocycles. The molecule has 1 atom stereocenters. The molecule has 2 aliphatic rings. The summed E-state index contributed by atoms with van der Waals surface area (Å²) in [5, 5.41) is 3.73. The highest BCUT2D eigenvalue weighted by Gasteiger charge is 2.27. The predicted octanol–water partition coefficient (Wildman–Crippen LogP) is 4.15. The van der Waals surface area contributed by atoms with Gasteiger partial charge in [0.1, 0.15) is 0 Å². The zero-order chi connectivity index (χ0) is 16.5. The van der Waals surface area contributed by atoms with Gasteiger partial charge >= 0.3 is 0 Å². The number of aromatic nitrogens is 2. The summed E-state index contributed by atoms with van der Waals surface area (Å²) in [6, 6.07) is 3.48. The summed E-state index contributed by atoms with van der Waals surface area (Å²) in [5.74, 6) is 0.754. The Morgan fingerprint density at radius 2 is 2.12 bits per heavy atom. The lowest BCUT2D eigenvalue weighted by molar-refractivity contribution is 0.191. The zero-order valence-electron chi connectivity index (χ0n) is 14.9. The Hall–Kier alpha value is -1.39. The molecule has 4 rings (SSSR count). The van der Waals surface area contributed by atoms with Crippen LogP contribution < -0.4 is 5.32 Å². The van der Waals surface area contributed by atoms with E-state index < -0.39 is 0 Å². The number of rotatable bonds is 9. The number of unbranched alkanes of at least 4 members (excludes halogenated alkanes) is 1. The van der Waals surface area contributed by atoms with E-state index in [1.165, 1.54) is 47.8 Å². The lowest BCUT2D eigenvalue weighted by Gasteiger charge is -2.11. The van der Waals surface area contributed by atoms with E-state index >= 15 is 0 Å². The first-order chi connectivity index (χ1) is 11.8. The minimum absolute atomic E-state index is 0.375. The summed E-state index contributed by atoms with van der Waals surface area (Å²) in [4.78, 5) is 4.87. The van der Waals surface area contributed by atoms with Gasteiger partial charge in [-0.1, -0.05) is 0 Å². The molecule has 0 spiro atoms. The first kappa shape index (κ1) is 16.1. The maximum atomic E-state index is 5.19. The van der Waals surface area contributed by atoms with Crippen molar-refractivity contribution in [1.82, 2.24) is 14.9 Å². The average molecular weight is 327 g/mol. The third-order valence-electron chi connectivity index (χ3n) is 5.34. The minimum Gasteiger partial charge on any atom is -0.385 e. The molecule has 0 bridgehead atoms. The lowest BCUT2D eigenvalue weighted by atomic mass is 10.1. The molecular formula is C20H29N3O. The van der Waals surface area contributed by atoms with Crippen molar-refractivity contribution in [3.05, 3.63) is 29.6 Å². The Morgan fingerprint density at radius 3 is 2.83 bits per heavy atom. The van der Waals surface area contributed by atoms with Gasteiger partial charge in [0.15, 0.2) is 0 Å². The van der Waals surface area contributed by atoms with Crippen molar-refractivity contribution in [2.24, 2.45) is 0 Å². The molecule has 0 saturated heterocycles. The Balaban J connectivity index is 1.61. The molecule has 2 fully saturated rings. The van der Waals surface area contributed by atoms with Crippen LogP contribution in [0.5, 0.6) is 0 Å². The van der Waals surface area contributed by atoms with E-state index in [9.17, 15) is 0 Å². The summed E-state index contributed by atoms with van der Waals surface area (Å²) in [6.45, 7) is 4.17. The topological polar surface area (TPSA) is 39.1 Å². The SMILES string of the molecule is COCCCCn1cc(C(C)NC2CC2)c2ncc(C3CC3)cc21. The van der Waals surface area contributed by atoms with Gasteiger partial charge in [-0.25, -0.2) is 0 Å². The summed E-state index contributed by atoms with van der Waals surface area (Å²) >= 11 is 0. The maximum Gasteiger partial charge on any atom is 0.0928 e. The van der Waals surface area contributed by atoms with Crippen molar-refractivity contribution in [1.29, 1.82) is 0 Å². The Labute approximate surface area is 144 Å². The van der Waals surface area contributed by atoms with Crippen molar-refractivity contribution in [3.63, 3.8) is 0 Å². The molecule has 2 aromatic rings. The number of hydrogen-bond donors (Lipinski definition) is 1. The van der Waals surface area contributed by atoms with Crippen LogP contribution in [-0.4, -0.2) is 29.3 Å².